The van der Waals surface area contributed by atoms with Crippen LogP contribution in [0.1, 0.15) is 70.0 Å². The molecule has 0 aliphatic carbocycles. The van der Waals surface area contributed by atoms with Crippen LogP contribution in [0.3, 0.4) is 0 Å². The van der Waals surface area contributed by atoms with Crippen molar-refractivity contribution in [2.24, 2.45) is 7.05 Å². The zero-order valence-electron chi connectivity index (χ0n) is 18.9. The number of nitrogens with zero attached hydrogens (tertiary/aromatic N) is 3. The van der Waals surface area contributed by atoms with Gasteiger partial charge >= 0.3 is 5.97 Å². The molecule has 2 rings (SSSR count). The molecular weight excluding hydrogens is 378 g/mol. The van der Waals surface area contributed by atoms with Gasteiger partial charge in [0, 0.05) is 20.4 Å². The van der Waals surface area contributed by atoms with Gasteiger partial charge in [-0.25, -0.2) is 0 Å². The quantitative estimate of drug-likeness (QED) is 0.274. The van der Waals surface area contributed by atoms with Crippen LogP contribution in [0.25, 0.3) is 11.3 Å². The lowest BCUT2D eigenvalue weighted by Gasteiger charge is -2.21. The molecule has 0 bridgehead atoms. The maximum Gasteiger partial charge on any atom is 0.308 e. The van der Waals surface area contributed by atoms with Gasteiger partial charge in [-0.2, -0.15) is 10.4 Å². The third kappa shape index (κ3) is 5.73. The van der Waals surface area contributed by atoms with Crippen LogP contribution >= 0.6 is 0 Å². The number of hydrogen-bond acceptors (Lipinski definition) is 5. The van der Waals surface area contributed by atoms with E-state index in [2.05, 4.69) is 31.9 Å². The molecule has 0 saturated carbocycles. The van der Waals surface area contributed by atoms with E-state index in [-0.39, 0.29) is 11.4 Å². The van der Waals surface area contributed by atoms with Gasteiger partial charge in [0.05, 0.1) is 5.69 Å². The summed E-state index contributed by atoms with van der Waals surface area (Å²) in [5.74, 6) is -0.000480. The second-order valence-electron chi connectivity index (χ2n) is 8.36. The van der Waals surface area contributed by atoms with E-state index >= 15 is 0 Å². The van der Waals surface area contributed by atoms with Crippen molar-refractivity contribution in [3.8, 4) is 6.07 Å². The van der Waals surface area contributed by atoms with Crippen LogP contribution in [0.15, 0.2) is 30.3 Å². The van der Waals surface area contributed by atoms with Gasteiger partial charge in [-0.15, -0.1) is 0 Å². The number of aryl methyl sites for hydroxylation is 2. The molecule has 0 aliphatic heterocycles. The average molecular weight is 410 g/mol. The summed E-state index contributed by atoms with van der Waals surface area (Å²) >= 11 is 0. The van der Waals surface area contributed by atoms with Gasteiger partial charge in [-0.05, 0) is 36.0 Å². The summed E-state index contributed by atoms with van der Waals surface area (Å²) in [6.45, 7) is 11.9. The number of allylic oxidation sites excluding steroid dienone is 1. The minimum atomic E-state index is -0.841. The Labute approximate surface area is 179 Å². The summed E-state index contributed by atoms with van der Waals surface area (Å²) < 4.78 is 13.0. The number of benzene rings is 1. The van der Waals surface area contributed by atoms with E-state index in [4.69, 9.17) is 9.47 Å². The molecule has 0 aliphatic rings. The zero-order chi connectivity index (χ0) is 22.5. The third-order valence-electron chi connectivity index (χ3n) is 4.65. The lowest BCUT2D eigenvalue weighted by atomic mass is 9.86. The summed E-state index contributed by atoms with van der Waals surface area (Å²) in [6.07, 6.45) is 0.168. The predicted octanol–water partition coefficient (Wildman–Crippen LogP) is 5.12. The van der Waals surface area contributed by atoms with Gasteiger partial charge in [0.15, 0.2) is 5.76 Å². The topological polar surface area (TPSA) is 77.1 Å². The number of rotatable bonds is 7. The first kappa shape index (κ1) is 23.2. The molecule has 6 nitrogen and oxygen atoms in total. The fourth-order valence-electron chi connectivity index (χ4n) is 3.09. The lowest BCUT2D eigenvalue weighted by molar-refractivity contribution is -0.164. The smallest absolute Gasteiger partial charge is 0.308 e. The maximum atomic E-state index is 11.9. The molecule has 1 atom stereocenters. The molecule has 0 N–H and O–H groups in total. The SMILES string of the molecule is CCCC(=O)OC(C)O/C(=C(/C#N)c1ccc(C(C)(C)C)cc1)c1cc(C)nn1C. The lowest BCUT2D eigenvalue weighted by Crippen LogP contribution is -2.18. The predicted molar refractivity (Wildman–Crippen MR) is 117 cm³/mol. The molecule has 160 valence electrons. The normalized spacial score (nSPS) is 13.3. The largest absolute Gasteiger partial charge is 0.451 e. The highest BCUT2D eigenvalue weighted by Gasteiger charge is 2.22. The number of carbonyl (C=O) groups excluding carboxylic acids is 1. The Morgan fingerprint density at radius 2 is 1.87 bits per heavy atom. The van der Waals surface area contributed by atoms with Crippen LogP contribution in [-0.4, -0.2) is 22.0 Å². The highest BCUT2D eigenvalue weighted by atomic mass is 16.7. The number of hydrogen-bond donors (Lipinski definition) is 0. The number of nitriles is 1. The number of esters is 1. The Bertz CT molecular complexity index is 957. The molecule has 2 aromatic rings. The molecule has 0 radical (unpaired) electrons. The van der Waals surface area contributed by atoms with Gasteiger partial charge in [-0.3, -0.25) is 9.48 Å². The summed E-state index contributed by atoms with van der Waals surface area (Å²) in [5, 5.41) is 14.4. The highest BCUT2D eigenvalue weighted by Crippen LogP contribution is 2.30. The van der Waals surface area contributed by atoms with Crippen LogP contribution in [-0.2, 0) is 26.7 Å². The molecule has 1 aromatic carbocycles. The first-order valence-electron chi connectivity index (χ1n) is 10.2. The van der Waals surface area contributed by atoms with Crippen molar-refractivity contribution in [2.75, 3.05) is 0 Å². The molecular formula is C24H31N3O3. The van der Waals surface area contributed by atoms with Crippen molar-refractivity contribution in [3.63, 3.8) is 0 Å². The molecule has 0 saturated heterocycles. The number of ether oxygens (including phenoxy) is 2. The van der Waals surface area contributed by atoms with Crippen molar-refractivity contribution < 1.29 is 14.3 Å². The first-order valence-corrected chi connectivity index (χ1v) is 10.2. The van der Waals surface area contributed by atoms with E-state index < -0.39 is 6.29 Å². The highest BCUT2D eigenvalue weighted by molar-refractivity contribution is 5.94. The van der Waals surface area contributed by atoms with Crippen LogP contribution in [0.2, 0.25) is 0 Å². The van der Waals surface area contributed by atoms with Gasteiger partial charge < -0.3 is 9.47 Å². The standard InChI is InChI=1S/C24H31N3O3/c1-8-9-22(28)29-17(3)30-23(21-14-16(2)26-27(21)7)20(15-25)18-10-12-19(13-11-18)24(4,5)6/h10-14,17H,8-9H2,1-7H3/b23-20-. The zero-order valence-corrected chi connectivity index (χ0v) is 18.9. The summed E-state index contributed by atoms with van der Waals surface area (Å²) in [7, 11) is 1.79. The average Bonchev–Trinajstić information content (AvgIpc) is 2.99. The monoisotopic (exact) mass is 409 g/mol. The van der Waals surface area contributed by atoms with Crippen LogP contribution in [0.5, 0.6) is 0 Å². The van der Waals surface area contributed by atoms with E-state index in [0.717, 1.165) is 11.3 Å². The Kier molecular flexibility index (Phi) is 7.44. The van der Waals surface area contributed by atoms with Crippen molar-refractivity contribution in [1.29, 1.82) is 5.26 Å². The van der Waals surface area contributed by atoms with Crippen molar-refractivity contribution >= 4 is 17.3 Å². The van der Waals surface area contributed by atoms with Crippen LogP contribution in [0.4, 0.5) is 0 Å². The summed E-state index contributed by atoms with van der Waals surface area (Å²) in [6, 6.07) is 12.0. The van der Waals surface area contributed by atoms with Crippen molar-refractivity contribution in [2.45, 2.75) is 66.1 Å². The van der Waals surface area contributed by atoms with Crippen molar-refractivity contribution in [1.82, 2.24) is 9.78 Å². The van der Waals surface area contributed by atoms with Crippen LogP contribution in [0, 0.1) is 18.3 Å². The third-order valence-corrected chi connectivity index (χ3v) is 4.65. The van der Waals surface area contributed by atoms with E-state index in [9.17, 15) is 10.1 Å². The van der Waals surface area contributed by atoms with E-state index in [0.29, 0.717) is 29.9 Å². The summed E-state index contributed by atoms with van der Waals surface area (Å²) in [4.78, 5) is 11.9. The van der Waals surface area contributed by atoms with E-state index in [1.165, 1.54) is 5.56 Å². The Morgan fingerprint density at radius 3 is 2.33 bits per heavy atom. The minimum Gasteiger partial charge on any atom is -0.451 e. The van der Waals surface area contributed by atoms with Crippen molar-refractivity contribution in [3.05, 3.63) is 52.8 Å². The molecule has 30 heavy (non-hydrogen) atoms. The second kappa shape index (κ2) is 9.62. The maximum absolute atomic E-state index is 11.9. The Hall–Kier alpha value is -3.07. The molecule has 1 aromatic heterocycles. The molecule has 0 fully saturated rings. The van der Waals surface area contributed by atoms with E-state index in [1.54, 1.807) is 18.7 Å². The van der Waals surface area contributed by atoms with Gasteiger partial charge in [0.25, 0.3) is 0 Å². The number of carbonyl (C=O) groups is 1. The fraction of sp³-hybridized carbons (Fsp3) is 0.458. The van der Waals surface area contributed by atoms with Gasteiger partial charge in [-0.1, -0.05) is 52.0 Å². The molecule has 1 unspecified atom stereocenters. The molecule has 1 heterocycles. The minimum absolute atomic E-state index is 0.00945. The van der Waals surface area contributed by atoms with Crippen LogP contribution < -0.4 is 0 Å². The van der Waals surface area contributed by atoms with Gasteiger partial charge in [0.1, 0.15) is 17.3 Å². The van der Waals surface area contributed by atoms with E-state index in [1.807, 2.05) is 44.2 Å². The Balaban J connectivity index is 2.52. The Morgan fingerprint density at radius 1 is 1.23 bits per heavy atom. The summed E-state index contributed by atoms with van der Waals surface area (Å²) in [5.41, 5.74) is 3.70. The number of aromatic nitrogens is 2. The molecule has 6 heteroatoms. The fourth-order valence-corrected chi connectivity index (χ4v) is 3.09. The first-order chi connectivity index (χ1) is 14.1. The molecule has 0 amide bonds. The van der Waals surface area contributed by atoms with Gasteiger partial charge in [0.2, 0.25) is 6.29 Å². The molecule has 0 spiro atoms. The second-order valence-corrected chi connectivity index (χ2v) is 8.36.